The number of rotatable bonds is 9. The molecule has 0 saturated carbocycles. The van der Waals surface area contributed by atoms with E-state index >= 15 is 0 Å². The van der Waals surface area contributed by atoms with Crippen LogP contribution >= 0.6 is 11.8 Å². The molecule has 1 amide bonds. The molecular formula is C23H22FNO3S. The molecule has 3 aromatic rings. The van der Waals surface area contributed by atoms with Crippen molar-refractivity contribution in [1.29, 1.82) is 0 Å². The Morgan fingerprint density at radius 1 is 0.966 bits per heavy atom. The predicted octanol–water partition coefficient (Wildman–Crippen LogP) is 4.82. The van der Waals surface area contributed by atoms with Gasteiger partial charge in [0, 0.05) is 11.4 Å². The summed E-state index contributed by atoms with van der Waals surface area (Å²) in [6.45, 7) is 0.839. The number of carbonyl (C=O) groups is 1. The first-order chi connectivity index (χ1) is 14.1. The number of benzene rings is 3. The van der Waals surface area contributed by atoms with Crippen molar-refractivity contribution in [2.24, 2.45) is 0 Å². The van der Waals surface area contributed by atoms with Gasteiger partial charge < -0.3 is 14.8 Å². The third-order valence-corrected chi connectivity index (χ3v) is 5.15. The van der Waals surface area contributed by atoms with Gasteiger partial charge in [-0.25, -0.2) is 4.39 Å². The van der Waals surface area contributed by atoms with Gasteiger partial charge in [0.15, 0.2) is 11.5 Å². The lowest BCUT2D eigenvalue weighted by atomic mass is 10.2. The van der Waals surface area contributed by atoms with Gasteiger partial charge in [-0.1, -0.05) is 36.4 Å². The summed E-state index contributed by atoms with van der Waals surface area (Å²) in [6, 6.07) is 21.6. The van der Waals surface area contributed by atoms with Gasteiger partial charge in [0.1, 0.15) is 12.4 Å². The second-order valence-electron chi connectivity index (χ2n) is 6.28. The summed E-state index contributed by atoms with van der Waals surface area (Å²) in [5, 5.41) is 2.88. The van der Waals surface area contributed by atoms with Gasteiger partial charge in [-0.3, -0.25) is 4.79 Å². The van der Waals surface area contributed by atoms with Crippen molar-refractivity contribution in [3.05, 3.63) is 89.7 Å². The lowest BCUT2D eigenvalue weighted by Crippen LogP contribution is -2.24. The van der Waals surface area contributed by atoms with E-state index in [1.165, 1.54) is 23.9 Å². The molecule has 0 unspecified atom stereocenters. The molecule has 0 fully saturated rings. The highest BCUT2D eigenvalue weighted by molar-refractivity contribution is 8.00. The molecule has 3 aromatic carbocycles. The highest BCUT2D eigenvalue weighted by atomic mass is 32.2. The van der Waals surface area contributed by atoms with Gasteiger partial charge in [0.25, 0.3) is 0 Å². The number of hydrogen-bond donors (Lipinski definition) is 1. The Bertz CT molecular complexity index is 933. The van der Waals surface area contributed by atoms with Crippen molar-refractivity contribution in [3.8, 4) is 11.5 Å². The first-order valence-electron chi connectivity index (χ1n) is 9.13. The van der Waals surface area contributed by atoms with Crippen LogP contribution in [-0.2, 0) is 17.9 Å². The van der Waals surface area contributed by atoms with Gasteiger partial charge in [-0.2, -0.15) is 0 Å². The minimum atomic E-state index is -0.288. The summed E-state index contributed by atoms with van der Waals surface area (Å²) in [5.41, 5.74) is 1.98. The van der Waals surface area contributed by atoms with Gasteiger partial charge in [-0.05, 0) is 47.5 Å². The minimum absolute atomic E-state index is 0.0947. The van der Waals surface area contributed by atoms with E-state index in [1.54, 1.807) is 19.2 Å². The molecule has 0 spiro atoms. The Morgan fingerprint density at radius 2 is 1.72 bits per heavy atom. The summed E-state index contributed by atoms with van der Waals surface area (Å²) in [5.74, 6) is 1.15. The zero-order chi connectivity index (χ0) is 20.5. The quantitative estimate of drug-likeness (QED) is 0.513. The van der Waals surface area contributed by atoms with Crippen LogP contribution in [0.1, 0.15) is 11.1 Å². The maximum Gasteiger partial charge on any atom is 0.230 e. The van der Waals surface area contributed by atoms with Crippen molar-refractivity contribution in [1.82, 2.24) is 5.32 Å². The smallest absolute Gasteiger partial charge is 0.230 e. The molecule has 0 aliphatic rings. The molecule has 0 heterocycles. The number of carbonyl (C=O) groups excluding carboxylic acids is 1. The van der Waals surface area contributed by atoms with E-state index in [0.29, 0.717) is 24.7 Å². The number of halogens is 1. The summed E-state index contributed by atoms with van der Waals surface area (Å²) >= 11 is 1.36. The summed E-state index contributed by atoms with van der Waals surface area (Å²) in [6.07, 6.45) is 0. The van der Waals surface area contributed by atoms with Crippen LogP contribution in [0.4, 0.5) is 4.39 Å². The molecule has 0 radical (unpaired) electrons. The molecular weight excluding hydrogens is 389 g/mol. The fourth-order valence-electron chi connectivity index (χ4n) is 2.61. The monoisotopic (exact) mass is 411 g/mol. The van der Waals surface area contributed by atoms with Crippen LogP contribution in [0.15, 0.2) is 77.7 Å². The van der Waals surface area contributed by atoms with E-state index in [9.17, 15) is 9.18 Å². The second kappa shape index (κ2) is 10.5. The predicted molar refractivity (Wildman–Crippen MR) is 113 cm³/mol. The van der Waals surface area contributed by atoms with E-state index in [1.807, 2.05) is 48.5 Å². The number of ether oxygens (including phenoxy) is 2. The van der Waals surface area contributed by atoms with E-state index in [0.717, 1.165) is 16.0 Å². The molecule has 0 bridgehead atoms. The zero-order valence-corrected chi connectivity index (χ0v) is 16.9. The molecule has 0 aromatic heterocycles. The van der Waals surface area contributed by atoms with Crippen LogP contribution in [0.5, 0.6) is 11.5 Å². The molecule has 29 heavy (non-hydrogen) atoms. The van der Waals surface area contributed by atoms with Crippen LogP contribution in [0.2, 0.25) is 0 Å². The average molecular weight is 411 g/mol. The van der Waals surface area contributed by atoms with Crippen LogP contribution in [0, 0.1) is 5.82 Å². The van der Waals surface area contributed by atoms with Gasteiger partial charge in [0.05, 0.1) is 12.9 Å². The van der Waals surface area contributed by atoms with Crippen molar-refractivity contribution >= 4 is 17.7 Å². The average Bonchev–Trinajstić information content (AvgIpc) is 2.76. The molecule has 0 saturated heterocycles. The third-order valence-electron chi connectivity index (χ3n) is 4.14. The van der Waals surface area contributed by atoms with Gasteiger partial charge >= 0.3 is 0 Å². The number of methoxy groups -OCH3 is 1. The van der Waals surface area contributed by atoms with Crippen LogP contribution in [0.3, 0.4) is 0 Å². The molecule has 6 heteroatoms. The number of hydrogen-bond acceptors (Lipinski definition) is 4. The third kappa shape index (κ3) is 6.54. The maximum atomic E-state index is 12.9. The van der Waals surface area contributed by atoms with E-state index in [4.69, 9.17) is 9.47 Å². The molecule has 0 atom stereocenters. The summed E-state index contributed by atoms with van der Waals surface area (Å²) in [7, 11) is 1.59. The zero-order valence-electron chi connectivity index (χ0n) is 16.1. The fraction of sp³-hybridized carbons (Fsp3) is 0.174. The van der Waals surface area contributed by atoms with Crippen LogP contribution in [0.25, 0.3) is 0 Å². The number of nitrogens with one attached hydrogen (secondary N) is 1. The molecule has 4 nitrogen and oxygen atoms in total. The number of amides is 1. The Morgan fingerprint density at radius 3 is 2.45 bits per heavy atom. The molecule has 150 valence electrons. The molecule has 0 aliphatic carbocycles. The summed E-state index contributed by atoms with van der Waals surface area (Å²) < 4.78 is 24.2. The van der Waals surface area contributed by atoms with Crippen molar-refractivity contribution in [2.45, 2.75) is 18.0 Å². The first-order valence-corrected chi connectivity index (χ1v) is 10.1. The fourth-order valence-corrected chi connectivity index (χ4v) is 3.34. The topological polar surface area (TPSA) is 47.6 Å². The highest BCUT2D eigenvalue weighted by Gasteiger charge is 2.08. The maximum absolute atomic E-state index is 12.9. The van der Waals surface area contributed by atoms with E-state index in [-0.39, 0.29) is 17.5 Å². The van der Waals surface area contributed by atoms with Crippen molar-refractivity contribution < 1.29 is 18.7 Å². The molecule has 0 aliphatic heterocycles. The SMILES string of the molecule is COc1cc(CNC(=O)CSc2ccc(F)cc2)ccc1OCc1ccccc1. The summed E-state index contributed by atoms with van der Waals surface area (Å²) in [4.78, 5) is 12.9. The number of thioether (sulfide) groups is 1. The van der Waals surface area contributed by atoms with Crippen molar-refractivity contribution in [3.63, 3.8) is 0 Å². The lowest BCUT2D eigenvalue weighted by Gasteiger charge is -2.13. The van der Waals surface area contributed by atoms with E-state index < -0.39 is 0 Å². The first kappa shape index (κ1) is 20.7. The Balaban J connectivity index is 1.50. The minimum Gasteiger partial charge on any atom is -0.493 e. The molecule has 3 rings (SSSR count). The van der Waals surface area contributed by atoms with Gasteiger partial charge in [0.2, 0.25) is 5.91 Å². The molecule has 1 N–H and O–H groups in total. The Kier molecular flexibility index (Phi) is 7.53. The Hall–Kier alpha value is -2.99. The normalized spacial score (nSPS) is 10.4. The highest BCUT2D eigenvalue weighted by Crippen LogP contribution is 2.29. The standard InChI is InChI=1S/C23H22FNO3S/c1-27-22-13-18(7-12-21(22)28-15-17-5-3-2-4-6-17)14-25-23(26)16-29-20-10-8-19(24)9-11-20/h2-13H,14-16H2,1H3,(H,25,26). The van der Waals surface area contributed by atoms with Gasteiger partial charge in [-0.15, -0.1) is 11.8 Å². The Labute approximate surface area is 174 Å². The lowest BCUT2D eigenvalue weighted by molar-refractivity contribution is -0.118. The van der Waals surface area contributed by atoms with E-state index in [2.05, 4.69) is 5.32 Å². The van der Waals surface area contributed by atoms with Crippen LogP contribution < -0.4 is 14.8 Å². The second-order valence-corrected chi connectivity index (χ2v) is 7.33. The largest absolute Gasteiger partial charge is 0.493 e. The van der Waals surface area contributed by atoms with Crippen LogP contribution in [-0.4, -0.2) is 18.8 Å². The van der Waals surface area contributed by atoms with Crippen molar-refractivity contribution in [2.75, 3.05) is 12.9 Å².